The van der Waals surface area contributed by atoms with E-state index in [2.05, 4.69) is 6.92 Å². The topological polar surface area (TPSA) is 40.9 Å². The average molecular weight is 201 g/mol. The first-order chi connectivity index (χ1) is 7.22. The minimum Gasteiger partial charge on any atom is -0.293 e. The number of nitrogens with zero attached hydrogens (tertiary/aromatic N) is 1. The SMILES string of the molecule is CCc1ccc(C(=O)C(C#N)CC)cc1. The molecule has 0 aromatic heterocycles. The lowest BCUT2D eigenvalue weighted by molar-refractivity contribution is 0.0946. The Kier molecular flexibility index (Phi) is 4.05. The van der Waals surface area contributed by atoms with E-state index in [1.807, 2.05) is 25.1 Å². The number of carbonyl (C=O) groups is 1. The van der Waals surface area contributed by atoms with Crippen LogP contribution in [0.1, 0.15) is 36.2 Å². The number of hydrogen-bond donors (Lipinski definition) is 0. The molecule has 0 amide bonds. The Balaban J connectivity index is 2.88. The van der Waals surface area contributed by atoms with E-state index in [0.717, 1.165) is 6.42 Å². The Bertz CT molecular complexity index is 373. The second-order valence-corrected chi connectivity index (χ2v) is 3.50. The molecule has 0 radical (unpaired) electrons. The third-order valence-electron chi connectivity index (χ3n) is 2.53. The van der Waals surface area contributed by atoms with Crippen molar-refractivity contribution in [3.05, 3.63) is 35.4 Å². The minimum atomic E-state index is -0.502. The van der Waals surface area contributed by atoms with Gasteiger partial charge in [0, 0.05) is 5.56 Å². The van der Waals surface area contributed by atoms with Crippen LogP contribution in [0.4, 0.5) is 0 Å². The van der Waals surface area contributed by atoms with E-state index in [4.69, 9.17) is 5.26 Å². The summed E-state index contributed by atoms with van der Waals surface area (Å²) in [6, 6.07) is 9.53. The first-order valence-electron chi connectivity index (χ1n) is 5.25. The monoisotopic (exact) mass is 201 g/mol. The summed E-state index contributed by atoms with van der Waals surface area (Å²) in [5, 5.41) is 8.79. The molecule has 0 aliphatic rings. The number of nitriles is 1. The van der Waals surface area contributed by atoms with Crippen LogP contribution in [0.3, 0.4) is 0 Å². The molecule has 0 heterocycles. The predicted molar refractivity (Wildman–Crippen MR) is 59.5 cm³/mol. The van der Waals surface area contributed by atoms with Gasteiger partial charge in [-0.2, -0.15) is 5.26 Å². The normalized spacial score (nSPS) is 11.8. The number of carbonyl (C=O) groups excluding carboxylic acids is 1. The number of hydrogen-bond acceptors (Lipinski definition) is 2. The van der Waals surface area contributed by atoms with Gasteiger partial charge < -0.3 is 0 Å². The highest BCUT2D eigenvalue weighted by Crippen LogP contribution is 2.13. The largest absolute Gasteiger partial charge is 0.293 e. The Hall–Kier alpha value is -1.62. The minimum absolute atomic E-state index is 0.0670. The third-order valence-corrected chi connectivity index (χ3v) is 2.53. The molecule has 1 aromatic carbocycles. The molecule has 0 bridgehead atoms. The number of Topliss-reactive ketones (excluding diaryl/α,β-unsaturated/α-hetero) is 1. The van der Waals surface area contributed by atoms with Crippen LogP contribution in [0.2, 0.25) is 0 Å². The fourth-order valence-electron chi connectivity index (χ4n) is 1.44. The van der Waals surface area contributed by atoms with Gasteiger partial charge in [0.1, 0.15) is 5.92 Å². The van der Waals surface area contributed by atoms with Crippen molar-refractivity contribution in [3.8, 4) is 6.07 Å². The summed E-state index contributed by atoms with van der Waals surface area (Å²) >= 11 is 0. The molecule has 1 aromatic rings. The van der Waals surface area contributed by atoms with Crippen LogP contribution in [-0.4, -0.2) is 5.78 Å². The van der Waals surface area contributed by atoms with Crippen LogP contribution in [0.5, 0.6) is 0 Å². The van der Waals surface area contributed by atoms with Gasteiger partial charge >= 0.3 is 0 Å². The predicted octanol–water partition coefficient (Wildman–Crippen LogP) is 2.98. The van der Waals surface area contributed by atoms with E-state index >= 15 is 0 Å². The molecule has 2 nitrogen and oxygen atoms in total. The zero-order valence-corrected chi connectivity index (χ0v) is 9.16. The fraction of sp³-hybridized carbons (Fsp3) is 0.385. The standard InChI is InChI=1S/C13H15NO/c1-3-10-5-7-12(8-6-10)13(15)11(4-2)9-14/h5-8,11H,3-4H2,1-2H3. The second-order valence-electron chi connectivity index (χ2n) is 3.50. The Morgan fingerprint density at radius 3 is 2.33 bits per heavy atom. The van der Waals surface area contributed by atoms with Gasteiger partial charge in [-0.1, -0.05) is 38.1 Å². The molecule has 1 rings (SSSR count). The summed E-state index contributed by atoms with van der Waals surface area (Å²) < 4.78 is 0. The smallest absolute Gasteiger partial charge is 0.179 e. The summed E-state index contributed by atoms with van der Waals surface area (Å²) in [5.41, 5.74) is 1.84. The maximum absolute atomic E-state index is 11.8. The van der Waals surface area contributed by atoms with Crippen molar-refractivity contribution < 1.29 is 4.79 Å². The van der Waals surface area contributed by atoms with Gasteiger partial charge in [0.2, 0.25) is 0 Å². The van der Waals surface area contributed by atoms with E-state index in [-0.39, 0.29) is 5.78 Å². The Morgan fingerprint density at radius 1 is 1.33 bits per heavy atom. The van der Waals surface area contributed by atoms with E-state index in [1.54, 1.807) is 12.1 Å². The number of benzene rings is 1. The lowest BCUT2D eigenvalue weighted by Gasteiger charge is -2.05. The van der Waals surface area contributed by atoms with Gasteiger partial charge in [-0.05, 0) is 18.4 Å². The molecule has 78 valence electrons. The molecular weight excluding hydrogens is 186 g/mol. The van der Waals surface area contributed by atoms with Crippen LogP contribution in [0, 0.1) is 17.2 Å². The van der Waals surface area contributed by atoms with Gasteiger partial charge in [-0.25, -0.2) is 0 Å². The summed E-state index contributed by atoms with van der Waals surface area (Å²) in [6.07, 6.45) is 1.54. The maximum Gasteiger partial charge on any atom is 0.179 e. The highest BCUT2D eigenvalue weighted by atomic mass is 16.1. The first-order valence-corrected chi connectivity index (χ1v) is 5.25. The summed E-state index contributed by atoms with van der Waals surface area (Å²) in [5.74, 6) is -0.569. The van der Waals surface area contributed by atoms with Crippen LogP contribution in [-0.2, 0) is 6.42 Å². The number of aryl methyl sites for hydroxylation is 1. The van der Waals surface area contributed by atoms with Crippen LogP contribution in [0.25, 0.3) is 0 Å². The van der Waals surface area contributed by atoms with E-state index < -0.39 is 5.92 Å². The summed E-state index contributed by atoms with van der Waals surface area (Å²) in [7, 11) is 0. The maximum atomic E-state index is 11.8. The van der Waals surface area contributed by atoms with Gasteiger partial charge in [-0.3, -0.25) is 4.79 Å². The molecule has 1 atom stereocenters. The zero-order chi connectivity index (χ0) is 11.3. The summed E-state index contributed by atoms with van der Waals surface area (Å²) in [6.45, 7) is 3.92. The van der Waals surface area contributed by atoms with Crippen molar-refractivity contribution in [2.24, 2.45) is 5.92 Å². The quantitative estimate of drug-likeness (QED) is 0.702. The van der Waals surface area contributed by atoms with Crippen LogP contribution in [0.15, 0.2) is 24.3 Å². The third kappa shape index (κ3) is 2.66. The second kappa shape index (κ2) is 5.31. The van der Waals surface area contributed by atoms with Crippen molar-refractivity contribution in [1.29, 1.82) is 5.26 Å². The van der Waals surface area contributed by atoms with E-state index in [0.29, 0.717) is 12.0 Å². The molecule has 2 heteroatoms. The van der Waals surface area contributed by atoms with Gasteiger partial charge in [-0.15, -0.1) is 0 Å². The average Bonchev–Trinajstić information content (AvgIpc) is 2.30. The van der Waals surface area contributed by atoms with Crippen molar-refractivity contribution in [1.82, 2.24) is 0 Å². The van der Waals surface area contributed by atoms with Crippen molar-refractivity contribution in [2.45, 2.75) is 26.7 Å². The van der Waals surface area contributed by atoms with Crippen molar-refractivity contribution in [2.75, 3.05) is 0 Å². The number of rotatable bonds is 4. The number of ketones is 1. The Morgan fingerprint density at radius 2 is 1.93 bits per heavy atom. The highest BCUT2D eigenvalue weighted by Gasteiger charge is 2.16. The zero-order valence-electron chi connectivity index (χ0n) is 9.16. The lowest BCUT2D eigenvalue weighted by atomic mass is 9.96. The molecule has 15 heavy (non-hydrogen) atoms. The molecule has 0 N–H and O–H groups in total. The van der Waals surface area contributed by atoms with Gasteiger partial charge in [0.15, 0.2) is 5.78 Å². The highest BCUT2D eigenvalue weighted by molar-refractivity contribution is 5.99. The van der Waals surface area contributed by atoms with Crippen molar-refractivity contribution >= 4 is 5.78 Å². The van der Waals surface area contributed by atoms with E-state index in [1.165, 1.54) is 5.56 Å². The molecular formula is C13H15NO. The van der Waals surface area contributed by atoms with Crippen molar-refractivity contribution in [3.63, 3.8) is 0 Å². The van der Waals surface area contributed by atoms with Crippen LogP contribution >= 0.6 is 0 Å². The molecule has 0 spiro atoms. The van der Waals surface area contributed by atoms with E-state index in [9.17, 15) is 4.79 Å². The fourth-order valence-corrected chi connectivity index (χ4v) is 1.44. The molecule has 0 aliphatic carbocycles. The lowest BCUT2D eigenvalue weighted by Crippen LogP contribution is -2.11. The first kappa shape index (κ1) is 11.5. The van der Waals surface area contributed by atoms with Gasteiger partial charge in [0.25, 0.3) is 0 Å². The molecule has 1 unspecified atom stereocenters. The van der Waals surface area contributed by atoms with Crippen LogP contribution < -0.4 is 0 Å². The molecule has 0 saturated heterocycles. The summed E-state index contributed by atoms with van der Waals surface area (Å²) in [4.78, 5) is 11.8. The molecule has 0 fully saturated rings. The Labute approximate surface area is 90.5 Å². The molecule has 0 aliphatic heterocycles. The molecule has 0 saturated carbocycles. The van der Waals surface area contributed by atoms with Gasteiger partial charge in [0.05, 0.1) is 6.07 Å².